The Bertz CT molecular complexity index is 517. The van der Waals surface area contributed by atoms with Gasteiger partial charge < -0.3 is 4.90 Å². The lowest BCUT2D eigenvalue weighted by Gasteiger charge is -2.23. The van der Waals surface area contributed by atoms with E-state index in [1.165, 1.54) is 0 Å². The molecule has 0 fully saturated rings. The number of nitrogens with zero attached hydrogens (tertiary/aromatic N) is 2. The van der Waals surface area contributed by atoms with Gasteiger partial charge in [-0.15, -0.1) is 0 Å². The lowest BCUT2D eigenvalue weighted by molar-refractivity contribution is -0.125. The molecule has 17 heavy (non-hydrogen) atoms. The number of carbonyl (C=O) groups is 1. The van der Waals surface area contributed by atoms with E-state index in [1.807, 2.05) is 19.1 Å². The standard InChI is InChI=1S/C14H14N2O/c1-4-6-14(17)16(3)11(2)13-8-5-7-12(9-13)10-15/h5,7-9,11H,1-3H3. The van der Waals surface area contributed by atoms with Gasteiger partial charge in [-0.2, -0.15) is 5.26 Å². The molecule has 0 radical (unpaired) electrons. The lowest BCUT2D eigenvalue weighted by atomic mass is 10.0. The Hall–Kier alpha value is -2.26. The van der Waals surface area contributed by atoms with E-state index in [-0.39, 0.29) is 11.9 Å². The third-order valence-electron chi connectivity index (χ3n) is 2.63. The van der Waals surface area contributed by atoms with Crippen LogP contribution in [0.1, 0.15) is 31.0 Å². The van der Waals surface area contributed by atoms with Crippen LogP contribution in [0.3, 0.4) is 0 Å². The molecule has 1 atom stereocenters. The third kappa shape index (κ3) is 3.09. The summed E-state index contributed by atoms with van der Waals surface area (Å²) in [5, 5.41) is 8.82. The summed E-state index contributed by atoms with van der Waals surface area (Å²) in [6, 6.07) is 9.22. The highest BCUT2D eigenvalue weighted by Gasteiger charge is 2.15. The van der Waals surface area contributed by atoms with Crippen molar-refractivity contribution in [2.24, 2.45) is 0 Å². The van der Waals surface area contributed by atoms with E-state index in [0.29, 0.717) is 5.56 Å². The Kier molecular flexibility index (Phi) is 4.31. The van der Waals surface area contributed by atoms with E-state index >= 15 is 0 Å². The molecule has 1 unspecified atom stereocenters. The van der Waals surface area contributed by atoms with Crippen molar-refractivity contribution < 1.29 is 4.79 Å². The Morgan fingerprint density at radius 1 is 1.47 bits per heavy atom. The first-order chi connectivity index (χ1) is 8.10. The molecule has 0 N–H and O–H groups in total. The number of hydrogen-bond donors (Lipinski definition) is 0. The number of carbonyl (C=O) groups excluding carboxylic acids is 1. The first kappa shape index (κ1) is 12.8. The fraction of sp³-hybridized carbons (Fsp3) is 0.286. The number of nitriles is 1. The average Bonchev–Trinajstić information content (AvgIpc) is 2.37. The van der Waals surface area contributed by atoms with Crippen molar-refractivity contribution >= 4 is 5.91 Å². The zero-order chi connectivity index (χ0) is 12.8. The quantitative estimate of drug-likeness (QED) is 0.725. The fourth-order valence-corrected chi connectivity index (χ4v) is 1.46. The van der Waals surface area contributed by atoms with Crippen LogP contribution in [0.25, 0.3) is 0 Å². The van der Waals surface area contributed by atoms with E-state index in [0.717, 1.165) is 5.56 Å². The van der Waals surface area contributed by atoms with Crippen LogP contribution in [-0.4, -0.2) is 17.9 Å². The Morgan fingerprint density at radius 3 is 2.76 bits per heavy atom. The van der Waals surface area contributed by atoms with E-state index < -0.39 is 0 Å². The smallest absolute Gasteiger partial charge is 0.298 e. The highest BCUT2D eigenvalue weighted by molar-refractivity contribution is 5.93. The topological polar surface area (TPSA) is 44.1 Å². The second-order valence-electron chi connectivity index (χ2n) is 3.70. The molecular formula is C14H14N2O. The van der Waals surface area contributed by atoms with Crippen LogP contribution in [0.15, 0.2) is 24.3 Å². The van der Waals surface area contributed by atoms with E-state index in [4.69, 9.17) is 5.26 Å². The highest BCUT2D eigenvalue weighted by atomic mass is 16.2. The van der Waals surface area contributed by atoms with Gasteiger partial charge >= 0.3 is 0 Å². The minimum absolute atomic E-state index is 0.100. The van der Waals surface area contributed by atoms with Gasteiger partial charge in [0.15, 0.2) is 0 Å². The molecule has 3 nitrogen and oxygen atoms in total. The Labute approximate surface area is 102 Å². The summed E-state index contributed by atoms with van der Waals surface area (Å²) in [5.74, 6) is 4.86. The monoisotopic (exact) mass is 226 g/mol. The molecule has 0 saturated carbocycles. The normalized spacial score (nSPS) is 10.7. The molecule has 0 heterocycles. The van der Waals surface area contributed by atoms with Crippen molar-refractivity contribution in [1.29, 1.82) is 5.26 Å². The van der Waals surface area contributed by atoms with Gasteiger partial charge in [-0.1, -0.05) is 18.1 Å². The summed E-state index contributed by atoms with van der Waals surface area (Å²) >= 11 is 0. The number of hydrogen-bond acceptors (Lipinski definition) is 2. The van der Waals surface area contributed by atoms with Gasteiger partial charge in [0.2, 0.25) is 0 Å². The summed E-state index contributed by atoms with van der Waals surface area (Å²) in [4.78, 5) is 13.2. The first-order valence-electron chi connectivity index (χ1n) is 5.29. The molecule has 0 aromatic heterocycles. The van der Waals surface area contributed by atoms with Crippen molar-refractivity contribution in [1.82, 2.24) is 4.90 Å². The number of rotatable bonds is 2. The number of amides is 1. The van der Waals surface area contributed by atoms with Gasteiger partial charge in [0.05, 0.1) is 17.7 Å². The molecule has 1 aromatic carbocycles. The van der Waals surface area contributed by atoms with Gasteiger partial charge in [-0.3, -0.25) is 4.79 Å². The fourth-order valence-electron chi connectivity index (χ4n) is 1.46. The number of benzene rings is 1. The van der Waals surface area contributed by atoms with Gasteiger partial charge in [0, 0.05) is 7.05 Å². The van der Waals surface area contributed by atoms with E-state index in [1.54, 1.807) is 31.0 Å². The van der Waals surface area contributed by atoms with Crippen molar-refractivity contribution in [2.45, 2.75) is 19.9 Å². The maximum atomic E-state index is 11.6. The molecule has 86 valence electrons. The molecule has 1 aromatic rings. The predicted molar refractivity (Wildman–Crippen MR) is 65.8 cm³/mol. The summed E-state index contributed by atoms with van der Waals surface area (Å²) in [6.45, 7) is 3.54. The van der Waals surface area contributed by atoms with Crippen LogP contribution in [0.2, 0.25) is 0 Å². The Morgan fingerprint density at radius 2 is 2.18 bits per heavy atom. The van der Waals surface area contributed by atoms with Crippen LogP contribution in [-0.2, 0) is 4.79 Å². The maximum Gasteiger partial charge on any atom is 0.298 e. The molecule has 1 rings (SSSR count). The summed E-state index contributed by atoms with van der Waals surface area (Å²) in [6.07, 6.45) is 0. The van der Waals surface area contributed by atoms with Gasteiger partial charge in [0.25, 0.3) is 5.91 Å². The summed E-state index contributed by atoms with van der Waals surface area (Å²) in [7, 11) is 1.70. The van der Waals surface area contributed by atoms with Gasteiger partial charge in [0.1, 0.15) is 0 Å². The molecule has 0 spiro atoms. The van der Waals surface area contributed by atoms with E-state index in [2.05, 4.69) is 17.9 Å². The van der Waals surface area contributed by atoms with Crippen LogP contribution in [0, 0.1) is 23.2 Å². The second-order valence-corrected chi connectivity index (χ2v) is 3.70. The summed E-state index contributed by atoms with van der Waals surface area (Å²) < 4.78 is 0. The van der Waals surface area contributed by atoms with Gasteiger partial charge in [-0.25, -0.2) is 0 Å². The third-order valence-corrected chi connectivity index (χ3v) is 2.63. The minimum atomic E-state index is -0.220. The molecule has 0 aliphatic heterocycles. The Balaban J connectivity index is 2.95. The predicted octanol–water partition coefficient (Wildman–Crippen LogP) is 2.10. The van der Waals surface area contributed by atoms with Crippen molar-refractivity contribution in [3.05, 3.63) is 35.4 Å². The van der Waals surface area contributed by atoms with Crippen molar-refractivity contribution in [3.8, 4) is 17.9 Å². The van der Waals surface area contributed by atoms with Gasteiger partial charge in [-0.05, 0) is 37.5 Å². The van der Waals surface area contributed by atoms with Crippen molar-refractivity contribution in [3.63, 3.8) is 0 Å². The average molecular weight is 226 g/mol. The molecule has 3 heteroatoms. The second kappa shape index (κ2) is 5.72. The molecular weight excluding hydrogens is 212 g/mol. The zero-order valence-electron chi connectivity index (χ0n) is 10.2. The SMILES string of the molecule is CC#CC(=O)N(C)C(C)c1cccc(C#N)c1. The maximum absolute atomic E-state index is 11.6. The highest BCUT2D eigenvalue weighted by Crippen LogP contribution is 2.19. The van der Waals surface area contributed by atoms with Crippen LogP contribution in [0.4, 0.5) is 0 Å². The van der Waals surface area contributed by atoms with Crippen LogP contribution < -0.4 is 0 Å². The lowest BCUT2D eigenvalue weighted by Crippen LogP contribution is -2.28. The molecule has 1 amide bonds. The molecule has 0 bridgehead atoms. The zero-order valence-corrected chi connectivity index (χ0v) is 10.2. The van der Waals surface area contributed by atoms with Crippen molar-refractivity contribution in [2.75, 3.05) is 7.05 Å². The summed E-state index contributed by atoms with van der Waals surface area (Å²) in [5.41, 5.74) is 1.52. The molecule has 0 aliphatic rings. The minimum Gasteiger partial charge on any atom is -0.328 e. The molecule has 0 saturated heterocycles. The largest absolute Gasteiger partial charge is 0.328 e. The van der Waals surface area contributed by atoms with Crippen LogP contribution >= 0.6 is 0 Å². The first-order valence-corrected chi connectivity index (χ1v) is 5.29. The molecule has 0 aliphatic carbocycles. The van der Waals surface area contributed by atoms with Crippen LogP contribution in [0.5, 0.6) is 0 Å². The van der Waals surface area contributed by atoms with E-state index in [9.17, 15) is 4.79 Å².